The third-order valence-corrected chi connectivity index (χ3v) is 6.59. The highest BCUT2D eigenvalue weighted by molar-refractivity contribution is 7.12. The fourth-order valence-corrected chi connectivity index (χ4v) is 4.94. The molecule has 2 aliphatic heterocycles. The van der Waals surface area contributed by atoms with Gasteiger partial charge in [-0.3, -0.25) is 14.6 Å². The smallest absolute Gasteiger partial charge is 0.263 e. The minimum Gasteiger partial charge on any atom is -0.337 e. The fraction of sp³-hybridized carbons (Fsp3) is 0.421. The van der Waals surface area contributed by atoms with Crippen molar-refractivity contribution in [3.05, 3.63) is 46.4 Å². The van der Waals surface area contributed by atoms with Crippen LogP contribution in [-0.4, -0.2) is 41.3 Å². The van der Waals surface area contributed by atoms with Gasteiger partial charge in [-0.05, 0) is 48.4 Å². The Morgan fingerprint density at radius 3 is 2.96 bits per heavy atom. The molecule has 2 aromatic rings. The second kappa shape index (κ2) is 5.95. The van der Waals surface area contributed by atoms with Crippen LogP contribution in [0, 0.1) is 18.3 Å². The molecule has 0 saturated carbocycles. The summed E-state index contributed by atoms with van der Waals surface area (Å²) in [6, 6.07) is 5.70. The first-order valence-electron chi connectivity index (χ1n) is 8.58. The lowest BCUT2D eigenvalue weighted by Crippen LogP contribution is -2.40. The van der Waals surface area contributed by atoms with Gasteiger partial charge in [0.05, 0.1) is 22.2 Å². The summed E-state index contributed by atoms with van der Waals surface area (Å²) in [5, 5.41) is 1.99. The van der Waals surface area contributed by atoms with Gasteiger partial charge in [0.15, 0.2) is 0 Å². The summed E-state index contributed by atoms with van der Waals surface area (Å²) >= 11 is 1.48. The van der Waals surface area contributed by atoms with Crippen LogP contribution in [-0.2, 0) is 4.79 Å². The van der Waals surface area contributed by atoms with Crippen LogP contribution in [0.25, 0.3) is 0 Å². The number of amides is 2. The van der Waals surface area contributed by atoms with Gasteiger partial charge in [0, 0.05) is 25.8 Å². The van der Waals surface area contributed by atoms with Crippen LogP contribution in [0.3, 0.4) is 0 Å². The second-order valence-corrected chi connectivity index (χ2v) is 8.06. The van der Waals surface area contributed by atoms with E-state index in [1.54, 1.807) is 12.4 Å². The predicted molar refractivity (Wildman–Crippen MR) is 97.8 cm³/mol. The summed E-state index contributed by atoms with van der Waals surface area (Å²) in [4.78, 5) is 34.6. The maximum absolute atomic E-state index is 13.2. The molecule has 0 unspecified atom stereocenters. The maximum atomic E-state index is 13.2. The number of hydrogen-bond donors (Lipinski definition) is 0. The number of rotatable bonds is 2. The van der Waals surface area contributed by atoms with Gasteiger partial charge < -0.3 is 9.80 Å². The van der Waals surface area contributed by atoms with Crippen molar-refractivity contribution in [2.45, 2.75) is 20.3 Å². The van der Waals surface area contributed by atoms with E-state index in [1.165, 1.54) is 11.3 Å². The summed E-state index contributed by atoms with van der Waals surface area (Å²) in [6.07, 6.45) is 4.23. The first kappa shape index (κ1) is 16.3. The highest BCUT2D eigenvalue weighted by Crippen LogP contribution is 2.46. The van der Waals surface area contributed by atoms with E-state index in [4.69, 9.17) is 0 Å². The van der Waals surface area contributed by atoms with Crippen molar-refractivity contribution in [2.24, 2.45) is 11.3 Å². The van der Waals surface area contributed by atoms with Crippen LogP contribution >= 0.6 is 11.3 Å². The maximum Gasteiger partial charge on any atom is 0.263 e. The summed E-state index contributed by atoms with van der Waals surface area (Å²) in [6.45, 7) is 5.93. The third-order valence-electron chi connectivity index (χ3n) is 5.55. The standard InChI is InChI=1S/C19H21N3O2S/c1-13-8-16(25-11-13)17(23)21-10-14(2)19(12-21)5-7-22(18(19)24)15-4-3-6-20-9-15/h3-4,6,8-9,11,14H,5,7,10,12H2,1-2H3/t14-,19-/m1/s1. The SMILES string of the molecule is Cc1csc(C(=O)N2C[C@@H](C)[C@@]3(CCN(c4cccnc4)C3=O)C2)c1. The Bertz CT molecular complexity index is 819. The molecule has 0 aliphatic carbocycles. The number of likely N-dealkylation sites (tertiary alicyclic amines) is 1. The molecule has 0 aromatic carbocycles. The third kappa shape index (κ3) is 2.56. The van der Waals surface area contributed by atoms with E-state index < -0.39 is 5.41 Å². The van der Waals surface area contributed by atoms with Crippen molar-refractivity contribution in [3.8, 4) is 0 Å². The topological polar surface area (TPSA) is 53.5 Å². The Balaban J connectivity index is 1.57. The molecule has 2 amide bonds. The molecule has 0 bridgehead atoms. The van der Waals surface area contributed by atoms with Crippen LogP contribution < -0.4 is 4.90 Å². The van der Waals surface area contributed by atoms with E-state index in [2.05, 4.69) is 11.9 Å². The van der Waals surface area contributed by atoms with E-state index in [-0.39, 0.29) is 17.7 Å². The van der Waals surface area contributed by atoms with Crippen molar-refractivity contribution in [2.75, 3.05) is 24.5 Å². The van der Waals surface area contributed by atoms with E-state index in [0.29, 0.717) is 19.6 Å². The molecule has 5 nitrogen and oxygen atoms in total. The van der Waals surface area contributed by atoms with Crippen LogP contribution in [0.5, 0.6) is 0 Å². The number of anilines is 1. The lowest BCUT2D eigenvalue weighted by molar-refractivity contribution is -0.126. The summed E-state index contributed by atoms with van der Waals surface area (Å²) in [7, 11) is 0. The average molecular weight is 355 g/mol. The average Bonchev–Trinajstić information content (AvgIpc) is 3.28. The Morgan fingerprint density at radius 1 is 1.44 bits per heavy atom. The van der Waals surface area contributed by atoms with Crippen LogP contribution in [0.15, 0.2) is 36.0 Å². The number of thiophene rings is 1. The minimum absolute atomic E-state index is 0.0504. The highest BCUT2D eigenvalue weighted by atomic mass is 32.1. The molecule has 4 rings (SSSR count). The molecule has 2 saturated heterocycles. The lowest BCUT2D eigenvalue weighted by atomic mass is 9.78. The summed E-state index contributed by atoms with van der Waals surface area (Å²) < 4.78 is 0. The number of nitrogens with zero attached hydrogens (tertiary/aromatic N) is 3. The molecule has 0 N–H and O–H groups in total. The highest BCUT2D eigenvalue weighted by Gasteiger charge is 2.56. The minimum atomic E-state index is -0.461. The zero-order valence-electron chi connectivity index (χ0n) is 14.4. The molecule has 2 aliphatic rings. The van der Waals surface area contributed by atoms with Gasteiger partial charge in [-0.15, -0.1) is 11.3 Å². The lowest BCUT2D eigenvalue weighted by Gasteiger charge is -2.26. The number of pyridine rings is 1. The van der Waals surface area contributed by atoms with Gasteiger partial charge in [-0.1, -0.05) is 6.92 Å². The molecule has 2 atom stereocenters. The van der Waals surface area contributed by atoms with Crippen LogP contribution in [0.4, 0.5) is 5.69 Å². The van der Waals surface area contributed by atoms with Crippen molar-refractivity contribution < 1.29 is 9.59 Å². The molecule has 6 heteroatoms. The first-order chi connectivity index (χ1) is 12.0. The number of aromatic nitrogens is 1. The van der Waals surface area contributed by atoms with E-state index in [9.17, 15) is 9.59 Å². The Morgan fingerprint density at radius 2 is 2.28 bits per heavy atom. The Hall–Kier alpha value is -2.21. The molecule has 4 heterocycles. The van der Waals surface area contributed by atoms with Crippen molar-refractivity contribution in [1.29, 1.82) is 0 Å². The van der Waals surface area contributed by atoms with Gasteiger partial charge in [-0.25, -0.2) is 0 Å². The predicted octanol–water partition coefficient (Wildman–Crippen LogP) is 2.97. The quantitative estimate of drug-likeness (QED) is 0.832. The van der Waals surface area contributed by atoms with Gasteiger partial charge in [0.25, 0.3) is 5.91 Å². The largest absolute Gasteiger partial charge is 0.337 e. The molecular weight excluding hydrogens is 334 g/mol. The number of carbonyl (C=O) groups excluding carboxylic acids is 2. The van der Waals surface area contributed by atoms with Gasteiger partial charge >= 0.3 is 0 Å². The first-order valence-corrected chi connectivity index (χ1v) is 9.46. The molecule has 2 fully saturated rings. The van der Waals surface area contributed by atoms with Gasteiger partial charge in [-0.2, -0.15) is 0 Å². The van der Waals surface area contributed by atoms with Gasteiger partial charge in [0.2, 0.25) is 5.91 Å². The molecule has 0 radical (unpaired) electrons. The van der Waals surface area contributed by atoms with Crippen molar-refractivity contribution in [3.63, 3.8) is 0 Å². The van der Waals surface area contributed by atoms with Crippen molar-refractivity contribution in [1.82, 2.24) is 9.88 Å². The van der Waals surface area contributed by atoms with E-state index in [0.717, 1.165) is 22.5 Å². The molecular formula is C19H21N3O2S. The van der Waals surface area contributed by atoms with E-state index in [1.807, 2.05) is 40.3 Å². The van der Waals surface area contributed by atoms with Crippen molar-refractivity contribution >= 4 is 28.8 Å². The zero-order chi connectivity index (χ0) is 17.6. The summed E-state index contributed by atoms with van der Waals surface area (Å²) in [5.41, 5.74) is 1.49. The second-order valence-electron chi connectivity index (χ2n) is 7.15. The number of aryl methyl sites for hydroxylation is 1. The Kier molecular flexibility index (Phi) is 3.87. The van der Waals surface area contributed by atoms with Crippen LogP contribution in [0.2, 0.25) is 0 Å². The number of carbonyl (C=O) groups is 2. The molecule has 1 spiro atoms. The molecule has 130 valence electrons. The fourth-order valence-electron chi connectivity index (χ4n) is 4.07. The normalized spacial score (nSPS) is 26.0. The summed E-state index contributed by atoms with van der Waals surface area (Å²) in [5.74, 6) is 0.340. The van der Waals surface area contributed by atoms with E-state index >= 15 is 0 Å². The van der Waals surface area contributed by atoms with Crippen LogP contribution in [0.1, 0.15) is 28.6 Å². The zero-order valence-corrected chi connectivity index (χ0v) is 15.3. The molecule has 2 aromatic heterocycles. The molecule has 25 heavy (non-hydrogen) atoms. The monoisotopic (exact) mass is 355 g/mol. The number of hydrogen-bond acceptors (Lipinski definition) is 4. The Labute approximate surface area is 151 Å². The van der Waals surface area contributed by atoms with Gasteiger partial charge in [0.1, 0.15) is 0 Å².